The van der Waals surface area contributed by atoms with Gasteiger partial charge in [0, 0.05) is 12.3 Å². The third-order valence-electron chi connectivity index (χ3n) is 2.16. The number of carbonyl (C=O) groups excluding carboxylic acids is 1. The molecule has 1 atom stereocenters. The van der Waals surface area contributed by atoms with Crippen molar-refractivity contribution in [1.29, 1.82) is 0 Å². The third-order valence-corrected chi connectivity index (χ3v) is 2.38. The first-order valence-electron chi connectivity index (χ1n) is 4.83. The van der Waals surface area contributed by atoms with Gasteiger partial charge in [0.2, 0.25) is 0 Å². The number of methoxy groups -OCH3 is 1. The highest BCUT2D eigenvalue weighted by atomic mass is 35.5. The molecule has 0 aromatic carbocycles. The molecule has 0 heterocycles. The summed E-state index contributed by atoms with van der Waals surface area (Å²) in [6, 6.07) is 0. The lowest BCUT2D eigenvalue weighted by Crippen LogP contribution is -2.01. The molecule has 3 heteroatoms. The van der Waals surface area contributed by atoms with E-state index in [0.717, 1.165) is 31.6 Å². The lowest BCUT2D eigenvalue weighted by atomic mass is 10.0. The molecule has 0 aliphatic rings. The van der Waals surface area contributed by atoms with Crippen molar-refractivity contribution in [3.63, 3.8) is 0 Å². The van der Waals surface area contributed by atoms with Crippen LogP contribution in [0.2, 0.25) is 0 Å². The minimum atomic E-state index is -0.106. The van der Waals surface area contributed by atoms with Gasteiger partial charge in [-0.15, -0.1) is 11.6 Å². The summed E-state index contributed by atoms with van der Waals surface area (Å²) in [5.41, 5.74) is 0. The SMILES string of the molecule is COC(=O)CCCCC(C)CCCl. The molecule has 0 saturated carbocycles. The minimum Gasteiger partial charge on any atom is -0.469 e. The van der Waals surface area contributed by atoms with Gasteiger partial charge in [0.15, 0.2) is 0 Å². The largest absolute Gasteiger partial charge is 0.469 e. The van der Waals surface area contributed by atoms with Crippen molar-refractivity contribution in [1.82, 2.24) is 0 Å². The molecular weight excluding hydrogens is 188 g/mol. The molecule has 0 radical (unpaired) electrons. The Hall–Kier alpha value is -0.240. The fraction of sp³-hybridized carbons (Fsp3) is 0.900. The zero-order valence-electron chi connectivity index (χ0n) is 8.51. The summed E-state index contributed by atoms with van der Waals surface area (Å²) in [7, 11) is 1.43. The number of halogens is 1. The highest BCUT2D eigenvalue weighted by Crippen LogP contribution is 2.13. The number of carbonyl (C=O) groups is 1. The lowest BCUT2D eigenvalue weighted by Gasteiger charge is -2.07. The molecule has 0 aliphatic carbocycles. The topological polar surface area (TPSA) is 26.3 Å². The average Bonchev–Trinajstić information content (AvgIpc) is 2.12. The quantitative estimate of drug-likeness (QED) is 0.364. The highest BCUT2D eigenvalue weighted by molar-refractivity contribution is 6.17. The van der Waals surface area contributed by atoms with Crippen molar-refractivity contribution in [2.24, 2.45) is 5.92 Å². The fourth-order valence-corrected chi connectivity index (χ4v) is 1.57. The van der Waals surface area contributed by atoms with E-state index in [1.54, 1.807) is 0 Å². The molecule has 0 aromatic rings. The molecule has 0 N–H and O–H groups in total. The van der Waals surface area contributed by atoms with Gasteiger partial charge in [-0.2, -0.15) is 0 Å². The number of hydrogen-bond acceptors (Lipinski definition) is 2. The Kier molecular flexibility index (Phi) is 8.21. The molecule has 1 unspecified atom stereocenters. The summed E-state index contributed by atoms with van der Waals surface area (Å²) >= 11 is 5.61. The van der Waals surface area contributed by atoms with Crippen LogP contribution in [0.4, 0.5) is 0 Å². The van der Waals surface area contributed by atoms with Crippen molar-refractivity contribution >= 4 is 17.6 Å². The number of esters is 1. The van der Waals surface area contributed by atoms with E-state index in [-0.39, 0.29) is 5.97 Å². The molecule has 0 saturated heterocycles. The second kappa shape index (κ2) is 8.36. The summed E-state index contributed by atoms with van der Waals surface area (Å²) in [5.74, 6) is 1.30. The second-order valence-corrected chi connectivity index (χ2v) is 3.78. The number of hydrogen-bond donors (Lipinski definition) is 0. The van der Waals surface area contributed by atoms with Crippen LogP contribution in [-0.4, -0.2) is 19.0 Å². The molecule has 13 heavy (non-hydrogen) atoms. The molecule has 0 amide bonds. The van der Waals surface area contributed by atoms with Crippen LogP contribution in [0.25, 0.3) is 0 Å². The predicted octanol–water partition coefficient (Wildman–Crippen LogP) is 2.98. The van der Waals surface area contributed by atoms with E-state index < -0.39 is 0 Å². The van der Waals surface area contributed by atoms with Crippen LogP contribution in [0.15, 0.2) is 0 Å². The van der Waals surface area contributed by atoms with E-state index in [9.17, 15) is 4.79 Å². The van der Waals surface area contributed by atoms with E-state index in [1.165, 1.54) is 7.11 Å². The van der Waals surface area contributed by atoms with Crippen molar-refractivity contribution in [3.05, 3.63) is 0 Å². The molecule has 0 rings (SSSR count). The van der Waals surface area contributed by atoms with Gasteiger partial charge >= 0.3 is 5.97 Å². The standard InChI is InChI=1S/C10H19ClO2/c1-9(7-8-11)5-3-4-6-10(12)13-2/h9H,3-8H2,1-2H3. The number of unbranched alkanes of at least 4 members (excludes halogenated alkanes) is 1. The second-order valence-electron chi connectivity index (χ2n) is 3.40. The van der Waals surface area contributed by atoms with Gasteiger partial charge in [0.25, 0.3) is 0 Å². The first kappa shape index (κ1) is 12.8. The maximum Gasteiger partial charge on any atom is 0.305 e. The zero-order valence-corrected chi connectivity index (χ0v) is 9.27. The number of rotatable bonds is 7. The Morgan fingerprint density at radius 1 is 1.38 bits per heavy atom. The first-order valence-corrected chi connectivity index (χ1v) is 5.37. The lowest BCUT2D eigenvalue weighted by molar-refractivity contribution is -0.140. The van der Waals surface area contributed by atoms with E-state index in [0.29, 0.717) is 12.3 Å². The van der Waals surface area contributed by atoms with Gasteiger partial charge < -0.3 is 4.74 Å². The van der Waals surface area contributed by atoms with Crippen LogP contribution in [0.1, 0.15) is 39.0 Å². The number of ether oxygens (including phenoxy) is 1. The summed E-state index contributed by atoms with van der Waals surface area (Å²) in [6.07, 6.45) is 4.79. The third kappa shape index (κ3) is 8.10. The summed E-state index contributed by atoms with van der Waals surface area (Å²) in [6.45, 7) is 2.19. The molecule has 0 spiro atoms. The van der Waals surface area contributed by atoms with E-state index in [2.05, 4.69) is 11.7 Å². The van der Waals surface area contributed by atoms with Crippen molar-refractivity contribution in [2.45, 2.75) is 39.0 Å². The zero-order chi connectivity index (χ0) is 10.1. The molecule has 2 nitrogen and oxygen atoms in total. The Morgan fingerprint density at radius 2 is 2.08 bits per heavy atom. The van der Waals surface area contributed by atoms with Gasteiger partial charge in [-0.1, -0.05) is 19.8 Å². The van der Waals surface area contributed by atoms with Crippen molar-refractivity contribution in [2.75, 3.05) is 13.0 Å². The Labute approximate surface area is 85.6 Å². The van der Waals surface area contributed by atoms with Crippen molar-refractivity contribution < 1.29 is 9.53 Å². The van der Waals surface area contributed by atoms with E-state index >= 15 is 0 Å². The van der Waals surface area contributed by atoms with Gasteiger partial charge in [0.05, 0.1) is 7.11 Å². The van der Waals surface area contributed by atoms with E-state index in [1.807, 2.05) is 0 Å². The summed E-state index contributed by atoms with van der Waals surface area (Å²) < 4.78 is 4.54. The fourth-order valence-electron chi connectivity index (χ4n) is 1.19. The van der Waals surface area contributed by atoms with Gasteiger partial charge in [0.1, 0.15) is 0 Å². The van der Waals surface area contributed by atoms with Gasteiger partial charge in [-0.25, -0.2) is 0 Å². The summed E-state index contributed by atoms with van der Waals surface area (Å²) in [4.78, 5) is 10.7. The van der Waals surface area contributed by atoms with Crippen molar-refractivity contribution in [3.8, 4) is 0 Å². The maximum atomic E-state index is 10.7. The van der Waals surface area contributed by atoms with Crippen LogP contribution < -0.4 is 0 Å². The van der Waals surface area contributed by atoms with Crippen LogP contribution in [0.3, 0.4) is 0 Å². The Bertz CT molecular complexity index is 137. The van der Waals surface area contributed by atoms with Gasteiger partial charge in [-0.05, 0) is 18.8 Å². The predicted molar refractivity (Wildman–Crippen MR) is 55.0 cm³/mol. The molecule has 0 bridgehead atoms. The molecule has 78 valence electrons. The van der Waals surface area contributed by atoms with Gasteiger partial charge in [-0.3, -0.25) is 4.79 Å². The minimum absolute atomic E-state index is 0.106. The monoisotopic (exact) mass is 206 g/mol. The normalized spacial score (nSPS) is 12.5. The van der Waals surface area contributed by atoms with Crippen LogP contribution in [0, 0.1) is 5.92 Å². The molecule has 0 aliphatic heterocycles. The highest BCUT2D eigenvalue weighted by Gasteiger charge is 2.03. The number of alkyl halides is 1. The van der Waals surface area contributed by atoms with Crippen LogP contribution >= 0.6 is 11.6 Å². The van der Waals surface area contributed by atoms with E-state index in [4.69, 9.17) is 11.6 Å². The molecule has 0 aromatic heterocycles. The molecule has 0 fully saturated rings. The smallest absolute Gasteiger partial charge is 0.305 e. The van der Waals surface area contributed by atoms with Crippen LogP contribution in [-0.2, 0) is 9.53 Å². The average molecular weight is 207 g/mol. The molecular formula is C10H19ClO2. The van der Waals surface area contributed by atoms with Crippen LogP contribution in [0.5, 0.6) is 0 Å². The Balaban J connectivity index is 3.20. The summed E-state index contributed by atoms with van der Waals surface area (Å²) in [5, 5.41) is 0. The maximum absolute atomic E-state index is 10.7. The first-order chi connectivity index (χ1) is 6.20. The Morgan fingerprint density at radius 3 is 2.62 bits per heavy atom.